The molecule has 2 aliphatic rings. The molecule has 4 rings (SSSR count). The SMILES string of the molecule is O=[N+]([O-])c1cc([C@@H]2Nc3ccc(C(F)(F)F)cc3[C@H]3C=CC[C@H]32)ccc1Cl. The third-order valence-corrected chi connectivity index (χ3v) is 5.54. The van der Waals surface area contributed by atoms with E-state index in [-0.39, 0.29) is 28.6 Å². The highest BCUT2D eigenvalue weighted by atomic mass is 35.5. The average Bonchev–Trinajstić information content (AvgIpc) is 3.10. The van der Waals surface area contributed by atoms with E-state index in [0.717, 1.165) is 6.07 Å². The second kappa shape index (κ2) is 6.27. The summed E-state index contributed by atoms with van der Waals surface area (Å²) in [7, 11) is 0. The number of hydrogen-bond donors (Lipinski definition) is 1. The Balaban J connectivity index is 1.77. The van der Waals surface area contributed by atoms with Crippen LogP contribution in [0.3, 0.4) is 0 Å². The highest BCUT2D eigenvalue weighted by Crippen LogP contribution is 2.51. The molecule has 0 aromatic heterocycles. The van der Waals surface area contributed by atoms with Crippen molar-refractivity contribution in [2.24, 2.45) is 5.92 Å². The number of nitro benzene ring substituents is 1. The Morgan fingerprint density at radius 3 is 2.67 bits per heavy atom. The molecule has 140 valence electrons. The van der Waals surface area contributed by atoms with Crippen LogP contribution in [-0.4, -0.2) is 4.92 Å². The number of nitrogens with one attached hydrogen (secondary N) is 1. The van der Waals surface area contributed by atoms with Gasteiger partial charge in [-0.25, -0.2) is 0 Å². The molecule has 0 radical (unpaired) electrons. The molecular weight excluding hydrogens is 381 g/mol. The highest BCUT2D eigenvalue weighted by Gasteiger charge is 2.40. The van der Waals surface area contributed by atoms with Gasteiger partial charge in [0.15, 0.2) is 0 Å². The summed E-state index contributed by atoms with van der Waals surface area (Å²) in [6, 6.07) is 8.05. The van der Waals surface area contributed by atoms with Gasteiger partial charge in [0.05, 0.1) is 16.5 Å². The van der Waals surface area contributed by atoms with Crippen molar-refractivity contribution in [1.82, 2.24) is 0 Å². The zero-order chi connectivity index (χ0) is 19.3. The lowest BCUT2D eigenvalue weighted by molar-refractivity contribution is -0.384. The minimum atomic E-state index is -4.40. The molecule has 2 aromatic rings. The maximum atomic E-state index is 13.1. The van der Waals surface area contributed by atoms with Crippen molar-refractivity contribution in [1.29, 1.82) is 0 Å². The second-order valence-corrected chi connectivity index (χ2v) is 7.15. The van der Waals surface area contributed by atoms with Gasteiger partial charge in [0.25, 0.3) is 5.69 Å². The highest BCUT2D eigenvalue weighted by molar-refractivity contribution is 6.32. The van der Waals surface area contributed by atoms with E-state index in [4.69, 9.17) is 11.6 Å². The van der Waals surface area contributed by atoms with Crippen LogP contribution in [0.1, 0.15) is 35.1 Å². The standard InChI is InChI=1S/C19H14ClF3N2O2/c20-15-6-4-10(8-17(15)25(26)27)18-13-3-1-2-12(13)14-9-11(19(21,22)23)5-7-16(14)24-18/h1-2,4-9,12-13,18,24H,3H2/t12-,13+,18-/m0/s1. The average molecular weight is 395 g/mol. The maximum absolute atomic E-state index is 13.1. The molecule has 0 spiro atoms. The first-order valence-electron chi connectivity index (χ1n) is 8.34. The molecule has 0 unspecified atom stereocenters. The Morgan fingerprint density at radius 2 is 1.96 bits per heavy atom. The smallest absolute Gasteiger partial charge is 0.378 e. The van der Waals surface area contributed by atoms with Crippen LogP contribution in [0.4, 0.5) is 24.5 Å². The van der Waals surface area contributed by atoms with Crippen LogP contribution in [0.25, 0.3) is 0 Å². The predicted molar refractivity (Wildman–Crippen MR) is 95.9 cm³/mol. The number of hydrogen-bond acceptors (Lipinski definition) is 3. The Bertz CT molecular complexity index is 958. The molecule has 8 heteroatoms. The van der Waals surface area contributed by atoms with Crippen molar-refractivity contribution in [3.8, 4) is 0 Å². The molecule has 2 aromatic carbocycles. The van der Waals surface area contributed by atoms with Gasteiger partial charge in [0.2, 0.25) is 0 Å². The molecule has 4 nitrogen and oxygen atoms in total. The molecule has 1 aliphatic carbocycles. The molecule has 0 amide bonds. The van der Waals surface area contributed by atoms with Crippen molar-refractivity contribution in [2.75, 3.05) is 5.32 Å². The van der Waals surface area contributed by atoms with Gasteiger partial charge in [-0.1, -0.05) is 29.8 Å². The van der Waals surface area contributed by atoms with Crippen LogP contribution >= 0.6 is 11.6 Å². The van der Waals surface area contributed by atoms with Crippen LogP contribution in [0.15, 0.2) is 48.6 Å². The van der Waals surface area contributed by atoms with E-state index in [1.54, 1.807) is 6.07 Å². The fraction of sp³-hybridized carbons (Fsp3) is 0.263. The zero-order valence-corrected chi connectivity index (χ0v) is 14.6. The van der Waals surface area contributed by atoms with Gasteiger partial charge in [-0.2, -0.15) is 13.2 Å². The Hall–Kier alpha value is -2.54. The van der Waals surface area contributed by atoms with Gasteiger partial charge in [-0.15, -0.1) is 0 Å². The number of anilines is 1. The molecule has 0 fully saturated rings. The van der Waals surface area contributed by atoms with Gasteiger partial charge in [-0.05, 0) is 47.7 Å². The monoisotopic (exact) mass is 394 g/mol. The first-order valence-corrected chi connectivity index (χ1v) is 8.71. The Kier molecular flexibility index (Phi) is 4.14. The summed E-state index contributed by atoms with van der Waals surface area (Å²) < 4.78 is 39.3. The third kappa shape index (κ3) is 3.06. The number of allylic oxidation sites excluding steroid dienone is 2. The minimum Gasteiger partial charge on any atom is -0.378 e. The van der Waals surface area contributed by atoms with E-state index >= 15 is 0 Å². The summed E-state index contributed by atoms with van der Waals surface area (Å²) in [5, 5.41) is 14.5. The van der Waals surface area contributed by atoms with E-state index in [2.05, 4.69) is 5.32 Å². The molecule has 0 bridgehead atoms. The maximum Gasteiger partial charge on any atom is 0.416 e. The van der Waals surface area contributed by atoms with Crippen LogP contribution in [0.5, 0.6) is 0 Å². The fourth-order valence-corrected chi connectivity index (χ4v) is 4.15. The molecule has 1 heterocycles. The van der Waals surface area contributed by atoms with Crippen molar-refractivity contribution >= 4 is 23.0 Å². The first kappa shape index (κ1) is 17.9. The van der Waals surface area contributed by atoms with Gasteiger partial charge in [0, 0.05) is 17.7 Å². The predicted octanol–water partition coefficient (Wildman–Crippen LogP) is 6.09. The largest absolute Gasteiger partial charge is 0.416 e. The molecule has 3 atom stereocenters. The Labute approximate surface area is 157 Å². The molecule has 1 N–H and O–H groups in total. The lowest BCUT2D eigenvalue weighted by Gasteiger charge is -2.37. The summed E-state index contributed by atoms with van der Waals surface area (Å²) in [6.07, 6.45) is 0.139. The van der Waals surface area contributed by atoms with Crippen LogP contribution in [0.2, 0.25) is 5.02 Å². The van der Waals surface area contributed by atoms with Crippen LogP contribution < -0.4 is 5.32 Å². The van der Waals surface area contributed by atoms with E-state index in [9.17, 15) is 23.3 Å². The van der Waals surface area contributed by atoms with Crippen molar-refractivity contribution < 1.29 is 18.1 Å². The molecule has 1 aliphatic heterocycles. The minimum absolute atomic E-state index is 0.0261. The summed E-state index contributed by atoms with van der Waals surface area (Å²) >= 11 is 5.90. The van der Waals surface area contributed by atoms with Crippen molar-refractivity contribution in [2.45, 2.75) is 24.6 Å². The quantitative estimate of drug-likeness (QED) is 0.380. The lowest BCUT2D eigenvalue weighted by atomic mass is 9.76. The number of halogens is 4. The number of rotatable bonds is 2. The van der Waals surface area contributed by atoms with Crippen molar-refractivity contribution in [3.05, 3.63) is 80.4 Å². The number of nitro groups is 1. The van der Waals surface area contributed by atoms with Gasteiger partial charge in [0.1, 0.15) is 5.02 Å². The number of alkyl halides is 3. The van der Waals surface area contributed by atoms with Gasteiger partial charge < -0.3 is 5.32 Å². The van der Waals surface area contributed by atoms with Gasteiger partial charge >= 0.3 is 6.18 Å². The van der Waals surface area contributed by atoms with E-state index < -0.39 is 16.7 Å². The molecule has 27 heavy (non-hydrogen) atoms. The Morgan fingerprint density at radius 1 is 1.19 bits per heavy atom. The molecule has 0 saturated carbocycles. The fourth-order valence-electron chi connectivity index (χ4n) is 3.96. The lowest BCUT2D eigenvalue weighted by Crippen LogP contribution is -2.29. The van der Waals surface area contributed by atoms with Crippen LogP contribution in [0, 0.1) is 16.0 Å². The summed E-state index contributed by atoms with van der Waals surface area (Å²) in [5.74, 6) is -0.204. The second-order valence-electron chi connectivity index (χ2n) is 6.74. The number of benzene rings is 2. The third-order valence-electron chi connectivity index (χ3n) is 5.22. The molecule has 0 saturated heterocycles. The summed E-state index contributed by atoms with van der Waals surface area (Å²) in [5.41, 5.74) is 1.04. The van der Waals surface area contributed by atoms with Crippen LogP contribution in [-0.2, 0) is 6.18 Å². The number of fused-ring (bicyclic) bond motifs is 3. The first-order chi connectivity index (χ1) is 12.8. The van der Waals surface area contributed by atoms with E-state index in [1.165, 1.54) is 24.3 Å². The normalized spacial score (nSPS) is 23.5. The van der Waals surface area contributed by atoms with E-state index in [0.29, 0.717) is 23.2 Å². The summed E-state index contributed by atoms with van der Waals surface area (Å²) in [6.45, 7) is 0. The zero-order valence-electron chi connectivity index (χ0n) is 13.8. The van der Waals surface area contributed by atoms with Crippen molar-refractivity contribution in [3.63, 3.8) is 0 Å². The van der Waals surface area contributed by atoms with Gasteiger partial charge in [-0.3, -0.25) is 10.1 Å². The topological polar surface area (TPSA) is 55.2 Å². The summed E-state index contributed by atoms with van der Waals surface area (Å²) in [4.78, 5) is 10.7. The molecular formula is C19H14ClF3N2O2. The number of nitrogens with zero attached hydrogens (tertiary/aromatic N) is 1. The van der Waals surface area contributed by atoms with E-state index in [1.807, 2.05) is 12.2 Å².